The van der Waals surface area contributed by atoms with E-state index in [1.165, 1.54) is 7.11 Å². The van der Waals surface area contributed by atoms with E-state index in [9.17, 15) is 9.59 Å². The van der Waals surface area contributed by atoms with Crippen LogP contribution < -0.4 is 10.1 Å². The third-order valence-corrected chi connectivity index (χ3v) is 9.22. The van der Waals surface area contributed by atoms with Gasteiger partial charge in [-0.1, -0.05) is 26.0 Å². The number of benzene rings is 1. The molecule has 0 aromatic heterocycles. The lowest BCUT2D eigenvalue weighted by Gasteiger charge is -2.64. The van der Waals surface area contributed by atoms with Crippen molar-refractivity contribution in [3.63, 3.8) is 0 Å². The predicted octanol–water partition coefficient (Wildman–Crippen LogP) is 4.79. The molecule has 1 N–H and O–H groups in total. The van der Waals surface area contributed by atoms with Crippen molar-refractivity contribution in [1.82, 2.24) is 5.32 Å². The van der Waals surface area contributed by atoms with Crippen LogP contribution in [0.1, 0.15) is 70.3 Å². The average molecular weight is 554 g/mol. The molecule has 0 radical (unpaired) electrons. The number of carbonyl (C=O) groups is 2. The number of methoxy groups -OCH3 is 1. The van der Waals surface area contributed by atoms with Crippen LogP contribution in [-0.2, 0) is 25.3 Å². The number of hydrogen-bond donors (Lipinski definition) is 1. The van der Waals surface area contributed by atoms with E-state index in [-0.39, 0.29) is 17.4 Å². The number of hydrogen-bond acceptors (Lipinski definition) is 6. The molecule has 37 heavy (non-hydrogen) atoms. The Hall–Kier alpha value is -1.48. The van der Waals surface area contributed by atoms with Crippen molar-refractivity contribution in [3.8, 4) is 5.75 Å². The normalized spacial score (nSPS) is 29.5. The molecule has 4 aliphatic rings. The predicted molar refractivity (Wildman–Crippen MR) is 144 cm³/mol. The minimum atomic E-state index is -0.898. The van der Waals surface area contributed by atoms with Gasteiger partial charge in [-0.2, -0.15) is 0 Å². The van der Waals surface area contributed by atoms with E-state index in [1.54, 1.807) is 12.1 Å². The van der Waals surface area contributed by atoms with Gasteiger partial charge >= 0.3 is 13.1 Å². The maximum Gasteiger partial charge on any atom is 0.482 e. The lowest BCUT2D eigenvalue weighted by molar-refractivity contribution is -0.199. The molecule has 1 amide bonds. The Morgan fingerprint density at radius 3 is 2.54 bits per heavy atom. The molecule has 1 aliphatic heterocycles. The third kappa shape index (κ3) is 5.36. The molecule has 0 spiro atoms. The lowest BCUT2D eigenvalue weighted by Crippen LogP contribution is -2.65. The first kappa shape index (κ1) is 28.5. The molecule has 204 valence electrons. The van der Waals surface area contributed by atoms with Crippen molar-refractivity contribution >= 4 is 42.2 Å². The number of amides is 1. The Kier molecular flexibility index (Phi) is 7.90. The van der Waals surface area contributed by atoms with Gasteiger partial charge in [0.05, 0.1) is 24.8 Å². The molecule has 1 saturated heterocycles. The van der Waals surface area contributed by atoms with Crippen molar-refractivity contribution in [1.29, 1.82) is 0 Å². The van der Waals surface area contributed by atoms with E-state index in [2.05, 4.69) is 26.1 Å². The number of halogens is 2. The Labute approximate surface area is 230 Å². The van der Waals surface area contributed by atoms with Gasteiger partial charge in [-0.15, -0.1) is 23.2 Å². The van der Waals surface area contributed by atoms with Crippen molar-refractivity contribution < 1.29 is 28.4 Å². The van der Waals surface area contributed by atoms with Crippen molar-refractivity contribution in [3.05, 3.63) is 29.3 Å². The summed E-state index contributed by atoms with van der Waals surface area (Å²) in [5.41, 5.74) is 0.114. The number of rotatable bonds is 8. The molecule has 6 atom stereocenters. The first-order valence-corrected chi connectivity index (χ1v) is 13.9. The van der Waals surface area contributed by atoms with E-state index < -0.39 is 41.5 Å². The zero-order valence-corrected chi connectivity index (χ0v) is 24.2. The summed E-state index contributed by atoms with van der Waals surface area (Å²) in [6.45, 7) is 12.2. The van der Waals surface area contributed by atoms with Crippen molar-refractivity contribution in [2.45, 2.75) is 89.4 Å². The highest BCUT2D eigenvalue weighted by Gasteiger charge is 2.68. The Bertz CT molecular complexity index is 1050. The van der Waals surface area contributed by atoms with Crippen LogP contribution >= 0.6 is 23.2 Å². The van der Waals surface area contributed by atoms with Crippen LogP contribution in [0.25, 0.3) is 0 Å². The largest absolute Gasteiger partial charge is 0.496 e. The van der Waals surface area contributed by atoms with Gasteiger partial charge in [-0.05, 0) is 75.8 Å². The zero-order valence-electron chi connectivity index (χ0n) is 22.7. The first-order chi connectivity index (χ1) is 17.2. The molecule has 2 bridgehead atoms. The maximum absolute atomic E-state index is 12.9. The summed E-state index contributed by atoms with van der Waals surface area (Å²) in [6, 6.07) is 5.29. The molecular formula is C27H38BCl2NO6. The second kappa shape index (κ2) is 10.3. The van der Waals surface area contributed by atoms with Crippen LogP contribution in [0.4, 0.5) is 0 Å². The van der Waals surface area contributed by atoms with Crippen LogP contribution in [0.15, 0.2) is 18.2 Å². The smallest absolute Gasteiger partial charge is 0.482 e. The van der Waals surface area contributed by atoms with Crippen LogP contribution in [0.2, 0.25) is 0 Å². The molecule has 3 saturated carbocycles. The highest BCUT2D eigenvalue weighted by molar-refractivity contribution is 6.48. The number of esters is 1. The van der Waals surface area contributed by atoms with E-state index in [0.717, 1.165) is 12.8 Å². The van der Waals surface area contributed by atoms with Gasteiger partial charge in [-0.25, -0.2) is 4.79 Å². The van der Waals surface area contributed by atoms with Crippen LogP contribution in [0.3, 0.4) is 0 Å². The highest BCUT2D eigenvalue weighted by Crippen LogP contribution is 2.65. The van der Waals surface area contributed by atoms with Gasteiger partial charge < -0.3 is 24.1 Å². The Morgan fingerprint density at radius 1 is 1.24 bits per heavy atom. The fourth-order valence-corrected chi connectivity index (χ4v) is 6.55. The summed E-state index contributed by atoms with van der Waals surface area (Å²) >= 11 is 12.0. The summed E-state index contributed by atoms with van der Waals surface area (Å²) in [5.74, 6) is -0.131. The quantitative estimate of drug-likeness (QED) is 0.283. The second-order valence-corrected chi connectivity index (χ2v) is 13.1. The van der Waals surface area contributed by atoms with E-state index in [4.69, 9.17) is 42.0 Å². The van der Waals surface area contributed by atoms with E-state index in [1.807, 2.05) is 26.8 Å². The SMILES string of the molecule is COc1c(CC(NC(=O)C(Cl)CCl)B2OC3CC4CC(C4(C)C)C3(C)O2)cccc1C(=O)OC(C)(C)C. The van der Waals surface area contributed by atoms with Gasteiger partial charge in [0.2, 0.25) is 5.91 Å². The molecule has 6 unspecified atom stereocenters. The minimum absolute atomic E-state index is 0.0256. The highest BCUT2D eigenvalue weighted by atomic mass is 35.5. The number of nitrogens with one attached hydrogen (secondary N) is 1. The molecule has 3 aliphatic carbocycles. The van der Waals surface area contributed by atoms with E-state index >= 15 is 0 Å². The molecule has 1 aromatic rings. The number of ether oxygens (including phenoxy) is 2. The van der Waals surface area contributed by atoms with Gasteiger partial charge in [0.25, 0.3) is 0 Å². The summed E-state index contributed by atoms with van der Waals surface area (Å²) < 4.78 is 24.4. The summed E-state index contributed by atoms with van der Waals surface area (Å²) in [6.07, 6.45) is 2.29. The molecule has 5 rings (SSSR count). The lowest BCUT2D eigenvalue weighted by atomic mass is 9.43. The second-order valence-electron chi connectivity index (χ2n) is 12.3. The standard InChI is InChI=1S/C27H38BCl2NO6/c1-25(2,3)35-24(33)17-10-8-9-15(22(17)34-7)11-21(31-23(32)18(30)14-29)28-36-20-13-16-12-19(26(16,4)5)27(20,6)37-28/h8-10,16,18-21H,11-14H2,1-7H3,(H,31,32). The third-order valence-electron chi connectivity index (χ3n) is 8.40. The average Bonchev–Trinajstić information content (AvgIpc) is 3.18. The first-order valence-electron chi connectivity index (χ1n) is 12.9. The Morgan fingerprint density at radius 2 is 1.95 bits per heavy atom. The van der Waals surface area contributed by atoms with Crippen molar-refractivity contribution in [2.75, 3.05) is 13.0 Å². The molecule has 1 heterocycles. The van der Waals surface area contributed by atoms with Gasteiger partial charge in [0, 0.05) is 5.88 Å². The molecule has 7 nitrogen and oxygen atoms in total. The van der Waals surface area contributed by atoms with E-state index in [0.29, 0.717) is 35.1 Å². The van der Waals surface area contributed by atoms with Crippen molar-refractivity contribution in [2.24, 2.45) is 17.3 Å². The maximum atomic E-state index is 12.9. The van der Waals surface area contributed by atoms with Crippen LogP contribution in [-0.4, -0.2) is 60.6 Å². The van der Waals surface area contributed by atoms with Gasteiger partial charge in [0.1, 0.15) is 22.3 Å². The monoisotopic (exact) mass is 553 g/mol. The molecule has 10 heteroatoms. The van der Waals surface area contributed by atoms with Crippen LogP contribution in [0, 0.1) is 17.3 Å². The number of alkyl halides is 2. The van der Waals surface area contributed by atoms with Gasteiger partial charge in [-0.3, -0.25) is 4.79 Å². The van der Waals surface area contributed by atoms with Crippen LogP contribution in [0.5, 0.6) is 5.75 Å². The van der Waals surface area contributed by atoms with Gasteiger partial charge in [0.15, 0.2) is 0 Å². The summed E-state index contributed by atoms with van der Waals surface area (Å²) in [7, 11) is 0.818. The molecule has 4 fully saturated rings. The fraction of sp³-hybridized carbons (Fsp3) is 0.704. The molecule has 1 aromatic carbocycles. The topological polar surface area (TPSA) is 83.1 Å². The Balaban J connectivity index is 1.63. The summed E-state index contributed by atoms with van der Waals surface area (Å²) in [5, 5.41) is 2.10. The number of para-hydroxylation sites is 1. The molecular weight excluding hydrogens is 516 g/mol. The minimum Gasteiger partial charge on any atom is -0.496 e. The fourth-order valence-electron chi connectivity index (χ4n) is 6.35. The zero-order chi connectivity index (χ0) is 27.3. The number of carbonyl (C=O) groups excluding carboxylic acids is 2. The summed E-state index contributed by atoms with van der Waals surface area (Å²) in [4.78, 5) is 25.7.